The number of thiocarbonyl (C=S) groups is 1. The molecule has 2 aromatic rings. The fourth-order valence-electron chi connectivity index (χ4n) is 2.39. The number of aromatic hydroxyl groups is 1. The number of phenols is 1. The van der Waals surface area contributed by atoms with Crippen molar-refractivity contribution < 1.29 is 14.7 Å². The summed E-state index contributed by atoms with van der Waals surface area (Å²) in [6, 6.07) is 7.74. The van der Waals surface area contributed by atoms with Crippen LogP contribution < -0.4 is 10.2 Å². The highest BCUT2D eigenvalue weighted by atomic mass is 79.9. The van der Waals surface area contributed by atoms with Crippen LogP contribution in [0.2, 0.25) is 10.0 Å². The van der Waals surface area contributed by atoms with Crippen molar-refractivity contribution in [2.24, 2.45) is 0 Å². The molecule has 0 bridgehead atoms. The Bertz CT molecular complexity index is 1040. The molecule has 138 valence electrons. The molecule has 1 aliphatic rings. The van der Waals surface area contributed by atoms with Crippen molar-refractivity contribution in [2.75, 3.05) is 4.90 Å². The summed E-state index contributed by atoms with van der Waals surface area (Å²) < 4.78 is 1.05. The van der Waals surface area contributed by atoms with E-state index in [1.807, 2.05) is 0 Å². The van der Waals surface area contributed by atoms with E-state index in [2.05, 4.69) is 37.2 Å². The highest BCUT2D eigenvalue weighted by Crippen LogP contribution is 2.35. The first-order valence-electron chi connectivity index (χ1n) is 7.23. The lowest BCUT2D eigenvalue weighted by molar-refractivity contribution is -0.122. The molecule has 10 heteroatoms. The zero-order valence-corrected chi connectivity index (χ0v) is 18.6. The molecule has 2 amide bonds. The molecule has 0 unspecified atom stereocenters. The number of rotatable bonds is 2. The maximum Gasteiger partial charge on any atom is 0.270 e. The first-order chi connectivity index (χ1) is 12.7. The third kappa shape index (κ3) is 4.05. The minimum absolute atomic E-state index is 0.106. The molecule has 1 saturated heterocycles. The average molecular weight is 551 g/mol. The lowest BCUT2D eigenvalue weighted by Crippen LogP contribution is -2.54. The first kappa shape index (κ1) is 20.3. The van der Waals surface area contributed by atoms with E-state index in [1.54, 1.807) is 18.2 Å². The van der Waals surface area contributed by atoms with Gasteiger partial charge in [0, 0.05) is 15.1 Å². The fraction of sp³-hybridized carbons (Fsp3) is 0. The van der Waals surface area contributed by atoms with Gasteiger partial charge in [0.25, 0.3) is 11.8 Å². The Labute approximate surface area is 186 Å². The number of carbonyl (C=O) groups is 2. The van der Waals surface area contributed by atoms with E-state index in [0.717, 1.165) is 4.90 Å². The van der Waals surface area contributed by atoms with Crippen LogP contribution in [0.4, 0.5) is 5.69 Å². The van der Waals surface area contributed by atoms with Gasteiger partial charge in [-0.25, -0.2) is 0 Å². The van der Waals surface area contributed by atoms with Crippen molar-refractivity contribution in [2.45, 2.75) is 0 Å². The van der Waals surface area contributed by atoms with Crippen LogP contribution in [0.15, 0.2) is 44.9 Å². The summed E-state index contributed by atoms with van der Waals surface area (Å²) in [5.74, 6) is -1.47. The van der Waals surface area contributed by atoms with Crippen molar-refractivity contribution in [3.63, 3.8) is 0 Å². The van der Waals surface area contributed by atoms with Gasteiger partial charge in [-0.15, -0.1) is 0 Å². The lowest BCUT2D eigenvalue weighted by Gasteiger charge is -2.29. The van der Waals surface area contributed by atoms with Crippen molar-refractivity contribution in [3.05, 3.63) is 60.5 Å². The van der Waals surface area contributed by atoms with E-state index in [9.17, 15) is 14.7 Å². The molecule has 27 heavy (non-hydrogen) atoms. The molecule has 0 saturated carbocycles. The molecule has 2 aromatic carbocycles. The zero-order valence-electron chi connectivity index (χ0n) is 13.1. The van der Waals surface area contributed by atoms with Crippen LogP contribution in [0.5, 0.6) is 5.75 Å². The highest BCUT2D eigenvalue weighted by Gasteiger charge is 2.35. The van der Waals surface area contributed by atoms with Gasteiger partial charge in [-0.05, 0) is 64.6 Å². The van der Waals surface area contributed by atoms with E-state index < -0.39 is 11.8 Å². The minimum Gasteiger partial charge on any atom is -0.506 e. The molecule has 3 rings (SSSR count). The Kier molecular flexibility index (Phi) is 5.93. The minimum atomic E-state index is -0.679. The van der Waals surface area contributed by atoms with Gasteiger partial charge in [-0.1, -0.05) is 39.1 Å². The fourth-order valence-corrected chi connectivity index (χ4v) is 4.42. The number of phenolic OH excluding ortho intramolecular Hbond substituents is 1. The molecule has 1 fully saturated rings. The third-order valence-electron chi connectivity index (χ3n) is 3.61. The lowest BCUT2D eigenvalue weighted by atomic mass is 10.1. The number of nitrogens with zero attached hydrogens (tertiary/aromatic N) is 1. The predicted molar refractivity (Wildman–Crippen MR) is 116 cm³/mol. The Morgan fingerprint density at radius 2 is 1.85 bits per heavy atom. The molecule has 5 nitrogen and oxygen atoms in total. The van der Waals surface area contributed by atoms with Crippen LogP contribution >= 0.6 is 67.3 Å². The van der Waals surface area contributed by atoms with Crippen molar-refractivity contribution >= 4 is 96.0 Å². The van der Waals surface area contributed by atoms with Crippen molar-refractivity contribution in [1.29, 1.82) is 0 Å². The number of nitrogens with one attached hydrogen (secondary N) is 1. The zero-order chi connectivity index (χ0) is 19.9. The molecule has 0 aromatic heterocycles. The van der Waals surface area contributed by atoms with Gasteiger partial charge in [-0.2, -0.15) is 0 Å². The molecular weight excluding hydrogens is 543 g/mol. The second kappa shape index (κ2) is 7.89. The molecule has 0 atom stereocenters. The molecule has 2 N–H and O–H groups in total. The summed E-state index contributed by atoms with van der Waals surface area (Å²) >= 11 is 23.7. The van der Waals surface area contributed by atoms with E-state index in [0.29, 0.717) is 14.0 Å². The van der Waals surface area contributed by atoms with Crippen molar-refractivity contribution in [1.82, 2.24) is 5.32 Å². The number of benzene rings is 2. The van der Waals surface area contributed by atoms with Crippen LogP contribution in [0.3, 0.4) is 0 Å². The number of hydrogen-bond acceptors (Lipinski definition) is 4. The van der Waals surface area contributed by atoms with Gasteiger partial charge in [0.2, 0.25) is 0 Å². The van der Waals surface area contributed by atoms with Crippen LogP contribution in [-0.4, -0.2) is 22.0 Å². The van der Waals surface area contributed by atoms with Crippen molar-refractivity contribution in [3.8, 4) is 5.75 Å². The molecular formula is C17H8Br2Cl2N2O3S. The van der Waals surface area contributed by atoms with E-state index >= 15 is 0 Å². The van der Waals surface area contributed by atoms with Crippen LogP contribution in [-0.2, 0) is 9.59 Å². The quantitative estimate of drug-likeness (QED) is 0.312. The summed E-state index contributed by atoms with van der Waals surface area (Å²) in [7, 11) is 0. The van der Waals surface area contributed by atoms with E-state index in [1.165, 1.54) is 18.2 Å². The SMILES string of the molecule is O=C1NC(=S)N(c2ccc(Cl)cc2Cl)C(=O)/C1=C/c1cc(Br)cc(Br)c1O. The summed E-state index contributed by atoms with van der Waals surface area (Å²) in [6.07, 6.45) is 1.28. The summed E-state index contributed by atoms with van der Waals surface area (Å²) in [5.41, 5.74) is 0.334. The number of amides is 2. The summed E-state index contributed by atoms with van der Waals surface area (Å²) in [4.78, 5) is 26.4. The van der Waals surface area contributed by atoms with Gasteiger partial charge < -0.3 is 5.11 Å². The number of hydrogen-bond donors (Lipinski definition) is 2. The second-order valence-corrected chi connectivity index (χ2v) is 8.38. The summed E-state index contributed by atoms with van der Waals surface area (Å²) in [6.45, 7) is 0. The van der Waals surface area contributed by atoms with Gasteiger partial charge in [0.1, 0.15) is 11.3 Å². The van der Waals surface area contributed by atoms with E-state index in [4.69, 9.17) is 35.4 Å². The monoisotopic (exact) mass is 548 g/mol. The first-order valence-corrected chi connectivity index (χ1v) is 9.98. The van der Waals surface area contributed by atoms with Crippen LogP contribution in [0, 0.1) is 0 Å². The maximum absolute atomic E-state index is 13.0. The normalized spacial score (nSPS) is 16.1. The molecule has 0 aliphatic carbocycles. The smallest absolute Gasteiger partial charge is 0.270 e. The predicted octanol–water partition coefficient (Wildman–Crippen LogP) is 5.06. The Hall–Kier alpha value is -1.45. The third-order valence-corrected chi connectivity index (χ3v) is 5.49. The van der Waals surface area contributed by atoms with Gasteiger partial charge in [-0.3, -0.25) is 19.8 Å². The molecule has 1 aliphatic heterocycles. The van der Waals surface area contributed by atoms with Gasteiger partial charge in [0.05, 0.1) is 15.2 Å². The number of carbonyl (C=O) groups excluding carboxylic acids is 2. The Morgan fingerprint density at radius 1 is 1.15 bits per heavy atom. The summed E-state index contributed by atoms with van der Waals surface area (Å²) in [5, 5.41) is 13.1. The average Bonchev–Trinajstić information content (AvgIpc) is 2.57. The highest BCUT2D eigenvalue weighted by molar-refractivity contribution is 9.11. The molecule has 1 heterocycles. The molecule has 0 spiro atoms. The Balaban J connectivity index is 2.11. The number of halogens is 4. The second-order valence-electron chi connectivity index (χ2n) is 5.38. The van der Waals surface area contributed by atoms with Gasteiger partial charge >= 0.3 is 0 Å². The topological polar surface area (TPSA) is 69.6 Å². The van der Waals surface area contributed by atoms with Crippen LogP contribution in [0.1, 0.15) is 5.56 Å². The maximum atomic E-state index is 13.0. The molecule has 0 radical (unpaired) electrons. The van der Waals surface area contributed by atoms with Crippen LogP contribution in [0.25, 0.3) is 6.08 Å². The largest absolute Gasteiger partial charge is 0.506 e. The number of anilines is 1. The standard InChI is InChI=1S/C17H8Br2Cl2N2O3S/c18-8-3-7(14(24)11(19)5-8)4-10-15(25)22-17(27)23(16(10)26)13-2-1-9(20)6-12(13)21/h1-6,24H,(H,22,25,27)/b10-4+. The van der Waals surface area contributed by atoms with E-state index in [-0.39, 0.29) is 32.7 Å². The van der Waals surface area contributed by atoms with Gasteiger partial charge in [0.15, 0.2) is 5.11 Å². The Morgan fingerprint density at radius 3 is 2.52 bits per heavy atom.